The number of hydrogen-bond donors (Lipinski definition) is 3. The summed E-state index contributed by atoms with van der Waals surface area (Å²) in [5.41, 5.74) is 2.48. The molecule has 0 aromatic carbocycles. The molecule has 1 atom stereocenters. The van der Waals surface area contributed by atoms with Crippen molar-refractivity contribution in [1.82, 2.24) is 15.6 Å². The number of amides is 1. The number of hydrogen-bond acceptors (Lipinski definition) is 4. The van der Waals surface area contributed by atoms with Crippen LogP contribution in [-0.2, 0) is 9.53 Å². The molecule has 7 heteroatoms. The minimum Gasteiger partial charge on any atom is -0.382 e. The molecule has 1 amide bonds. The lowest BCUT2D eigenvalue weighted by molar-refractivity contribution is -0.132. The number of aliphatic imine (C=N–C) groups is 1. The van der Waals surface area contributed by atoms with Crippen LogP contribution in [0.5, 0.6) is 0 Å². The van der Waals surface area contributed by atoms with E-state index in [2.05, 4.69) is 15.7 Å². The molecule has 0 rings (SSSR count). The Labute approximate surface area is 121 Å². The Hall–Kier alpha value is -1.34. The average molecular weight is 287 g/mol. The van der Waals surface area contributed by atoms with Crippen LogP contribution in [0.25, 0.3) is 0 Å². The molecule has 20 heavy (non-hydrogen) atoms. The van der Waals surface area contributed by atoms with Gasteiger partial charge in [0.05, 0.1) is 0 Å². The Morgan fingerprint density at radius 2 is 2.00 bits per heavy atom. The van der Waals surface area contributed by atoms with Crippen LogP contribution >= 0.6 is 0 Å². The summed E-state index contributed by atoms with van der Waals surface area (Å²) in [6, 6.07) is -0.364. The lowest BCUT2D eigenvalue weighted by Gasteiger charge is -2.24. The van der Waals surface area contributed by atoms with Crippen molar-refractivity contribution in [3.8, 4) is 0 Å². The summed E-state index contributed by atoms with van der Waals surface area (Å²) in [7, 11) is 0. The molecule has 0 aromatic heterocycles. The highest BCUT2D eigenvalue weighted by Gasteiger charge is 2.18. The fraction of sp³-hybridized carbons (Fsp3) is 0.846. The Kier molecular flexibility index (Phi) is 10.7. The number of nitrogens with zero attached hydrogens (tertiary/aromatic N) is 2. The van der Waals surface area contributed by atoms with Crippen molar-refractivity contribution in [3.05, 3.63) is 0 Å². The number of hydrazine groups is 1. The minimum atomic E-state index is -0.364. The molecule has 1 unspecified atom stereocenters. The lowest BCUT2D eigenvalue weighted by Crippen LogP contribution is -2.52. The number of nitrogens with one attached hydrogen (secondary N) is 2. The lowest BCUT2D eigenvalue weighted by atomic mass is 10.3. The van der Waals surface area contributed by atoms with Gasteiger partial charge in [-0.25, -0.2) is 5.84 Å². The summed E-state index contributed by atoms with van der Waals surface area (Å²) in [4.78, 5) is 18.1. The molecule has 0 radical (unpaired) electrons. The molecule has 0 aliphatic carbocycles. The fourth-order valence-corrected chi connectivity index (χ4v) is 1.71. The third kappa shape index (κ3) is 7.30. The quantitative estimate of drug-likeness (QED) is 0.184. The summed E-state index contributed by atoms with van der Waals surface area (Å²) in [5.74, 6) is 5.86. The minimum absolute atomic E-state index is 0.0345. The SMILES string of the molecule is CCOCCCN=C(NN)NC(C)C(=O)N(CC)CC. The molecular weight excluding hydrogens is 258 g/mol. The Bertz CT molecular complexity index is 292. The van der Waals surface area contributed by atoms with Crippen molar-refractivity contribution in [2.75, 3.05) is 32.8 Å². The van der Waals surface area contributed by atoms with Gasteiger partial charge in [0.2, 0.25) is 11.9 Å². The van der Waals surface area contributed by atoms with Crippen molar-refractivity contribution in [2.24, 2.45) is 10.8 Å². The predicted octanol–water partition coefficient (Wildman–Crippen LogP) is 0.0788. The molecule has 0 saturated heterocycles. The van der Waals surface area contributed by atoms with E-state index in [1.165, 1.54) is 0 Å². The van der Waals surface area contributed by atoms with E-state index in [1.54, 1.807) is 11.8 Å². The van der Waals surface area contributed by atoms with Crippen LogP contribution in [0.15, 0.2) is 4.99 Å². The van der Waals surface area contributed by atoms with E-state index in [1.807, 2.05) is 20.8 Å². The van der Waals surface area contributed by atoms with Gasteiger partial charge in [-0.15, -0.1) is 0 Å². The molecular formula is C13H29N5O2. The zero-order valence-electron chi connectivity index (χ0n) is 13.1. The van der Waals surface area contributed by atoms with Crippen LogP contribution in [-0.4, -0.2) is 55.7 Å². The number of nitrogens with two attached hydrogens (primary N) is 1. The summed E-state index contributed by atoms with van der Waals surface area (Å²) in [6.45, 7) is 11.0. The Morgan fingerprint density at radius 3 is 2.50 bits per heavy atom. The first-order valence-electron chi connectivity index (χ1n) is 7.24. The van der Waals surface area contributed by atoms with Gasteiger partial charge in [0.15, 0.2) is 0 Å². The Morgan fingerprint density at radius 1 is 1.35 bits per heavy atom. The second kappa shape index (κ2) is 11.5. The zero-order chi connectivity index (χ0) is 15.4. The van der Waals surface area contributed by atoms with E-state index in [9.17, 15) is 4.79 Å². The maximum Gasteiger partial charge on any atom is 0.244 e. The third-order valence-electron chi connectivity index (χ3n) is 2.86. The van der Waals surface area contributed by atoms with Crippen molar-refractivity contribution >= 4 is 11.9 Å². The van der Waals surface area contributed by atoms with E-state index in [-0.39, 0.29) is 11.9 Å². The summed E-state index contributed by atoms with van der Waals surface area (Å²) < 4.78 is 5.23. The number of carbonyl (C=O) groups excluding carboxylic acids is 1. The number of carbonyl (C=O) groups is 1. The molecule has 0 aliphatic heterocycles. The van der Waals surface area contributed by atoms with Gasteiger partial charge in [0.25, 0.3) is 0 Å². The third-order valence-corrected chi connectivity index (χ3v) is 2.86. The average Bonchev–Trinajstić information content (AvgIpc) is 2.46. The number of rotatable bonds is 9. The van der Waals surface area contributed by atoms with Crippen molar-refractivity contribution in [3.63, 3.8) is 0 Å². The first kappa shape index (κ1) is 18.7. The highest BCUT2D eigenvalue weighted by Crippen LogP contribution is 1.95. The smallest absolute Gasteiger partial charge is 0.244 e. The number of guanidine groups is 1. The molecule has 118 valence electrons. The van der Waals surface area contributed by atoms with Crippen molar-refractivity contribution in [2.45, 2.75) is 40.2 Å². The highest BCUT2D eigenvalue weighted by molar-refractivity contribution is 5.88. The van der Waals surface area contributed by atoms with Gasteiger partial charge >= 0.3 is 0 Å². The topological polar surface area (TPSA) is 92.0 Å². The van der Waals surface area contributed by atoms with Crippen LogP contribution in [0.3, 0.4) is 0 Å². The molecule has 4 N–H and O–H groups in total. The summed E-state index contributed by atoms with van der Waals surface area (Å²) in [5, 5.41) is 2.99. The van der Waals surface area contributed by atoms with E-state index in [0.29, 0.717) is 38.8 Å². The maximum absolute atomic E-state index is 12.1. The van der Waals surface area contributed by atoms with E-state index in [0.717, 1.165) is 6.42 Å². The Balaban J connectivity index is 4.26. The molecule has 7 nitrogen and oxygen atoms in total. The van der Waals surface area contributed by atoms with Gasteiger partial charge in [-0.3, -0.25) is 15.2 Å². The molecule has 0 aromatic rings. The largest absolute Gasteiger partial charge is 0.382 e. The molecule has 0 bridgehead atoms. The molecule has 0 saturated carbocycles. The number of ether oxygens (including phenoxy) is 1. The first-order valence-corrected chi connectivity index (χ1v) is 7.24. The van der Waals surface area contributed by atoms with Crippen LogP contribution in [0, 0.1) is 0 Å². The van der Waals surface area contributed by atoms with Gasteiger partial charge in [-0.05, 0) is 34.1 Å². The van der Waals surface area contributed by atoms with Crippen molar-refractivity contribution in [1.29, 1.82) is 0 Å². The van der Waals surface area contributed by atoms with Crippen LogP contribution in [0.4, 0.5) is 0 Å². The standard InChI is InChI=1S/C13H29N5O2/c1-5-18(6-2)12(19)11(4)16-13(17-14)15-9-8-10-20-7-3/h11H,5-10,14H2,1-4H3,(H2,15,16,17). The van der Waals surface area contributed by atoms with E-state index in [4.69, 9.17) is 10.6 Å². The van der Waals surface area contributed by atoms with Crippen LogP contribution in [0.2, 0.25) is 0 Å². The maximum atomic E-state index is 12.1. The monoisotopic (exact) mass is 287 g/mol. The van der Waals surface area contributed by atoms with Crippen LogP contribution in [0.1, 0.15) is 34.1 Å². The second-order valence-corrected chi connectivity index (χ2v) is 4.30. The molecule has 0 heterocycles. The molecule has 0 spiro atoms. The van der Waals surface area contributed by atoms with Gasteiger partial charge in [-0.2, -0.15) is 0 Å². The van der Waals surface area contributed by atoms with E-state index >= 15 is 0 Å². The second-order valence-electron chi connectivity index (χ2n) is 4.30. The molecule has 0 fully saturated rings. The number of likely N-dealkylation sites (N-methyl/N-ethyl adjacent to an activating group) is 1. The molecule has 0 aliphatic rings. The van der Waals surface area contributed by atoms with Gasteiger partial charge in [0.1, 0.15) is 6.04 Å². The predicted molar refractivity (Wildman–Crippen MR) is 81.3 cm³/mol. The van der Waals surface area contributed by atoms with Crippen molar-refractivity contribution < 1.29 is 9.53 Å². The van der Waals surface area contributed by atoms with Gasteiger partial charge < -0.3 is 15.0 Å². The summed E-state index contributed by atoms with van der Waals surface area (Å²) in [6.07, 6.45) is 0.819. The van der Waals surface area contributed by atoms with E-state index < -0.39 is 0 Å². The highest BCUT2D eigenvalue weighted by atomic mass is 16.5. The normalized spacial score (nSPS) is 12.9. The first-order chi connectivity index (χ1) is 9.60. The van der Waals surface area contributed by atoms with Gasteiger partial charge in [-0.1, -0.05) is 0 Å². The summed E-state index contributed by atoms with van der Waals surface area (Å²) >= 11 is 0. The fourth-order valence-electron chi connectivity index (χ4n) is 1.71. The van der Waals surface area contributed by atoms with Gasteiger partial charge in [0, 0.05) is 32.8 Å². The zero-order valence-corrected chi connectivity index (χ0v) is 13.1. The van der Waals surface area contributed by atoms with Crippen LogP contribution < -0.4 is 16.6 Å².